The van der Waals surface area contributed by atoms with Gasteiger partial charge < -0.3 is 13.9 Å². The number of hydrogen-bond acceptors (Lipinski definition) is 3. The predicted octanol–water partition coefficient (Wildman–Crippen LogP) is 0.0352. The number of allylic oxidation sites excluding steroid dienone is 1. The van der Waals surface area contributed by atoms with E-state index in [1.807, 2.05) is 0 Å². The molecule has 0 aromatic rings. The van der Waals surface area contributed by atoms with Gasteiger partial charge in [0, 0.05) is 6.61 Å². The molecule has 4 heteroatoms. The fraction of sp³-hybridized carbons (Fsp3) is 0.778. The van der Waals surface area contributed by atoms with Gasteiger partial charge in [0.2, 0.25) is 0 Å². The van der Waals surface area contributed by atoms with Crippen molar-refractivity contribution in [1.29, 1.82) is 0 Å². The lowest BCUT2D eigenvalue weighted by molar-refractivity contribution is 0.115. The number of ether oxygens (including phenoxy) is 2. The number of epoxide rings is 1. The maximum absolute atomic E-state index is 5.38. The minimum absolute atomic E-state index is 0.397. The first kappa shape index (κ1) is 10.9. The Kier molecular flexibility index (Phi) is 6.10. The summed E-state index contributed by atoms with van der Waals surface area (Å²) in [7, 11) is 0.824. The van der Waals surface area contributed by atoms with Gasteiger partial charge in [0.1, 0.15) is 16.6 Å². The van der Waals surface area contributed by atoms with Crippen LogP contribution in [0, 0.1) is 0 Å². The molecular formula is C9H18O3Si. The van der Waals surface area contributed by atoms with Gasteiger partial charge in [-0.2, -0.15) is 0 Å². The third-order valence-corrected chi connectivity index (χ3v) is 2.13. The van der Waals surface area contributed by atoms with Crippen LogP contribution in [0.5, 0.6) is 0 Å². The van der Waals surface area contributed by atoms with E-state index in [0.717, 1.165) is 49.8 Å². The van der Waals surface area contributed by atoms with E-state index in [2.05, 4.69) is 12.2 Å². The Morgan fingerprint density at radius 1 is 1.46 bits per heavy atom. The average molecular weight is 202 g/mol. The lowest BCUT2D eigenvalue weighted by Gasteiger charge is -1.98. The van der Waals surface area contributed by atoms with E-state index in [1.54, 1.807) is 0 Å². The van der Waals surface area contributed by atoms with E-state index in [4.69, 9.17) is 13.9 Å². The molecule has 0 aromatic carbocycles. The molecule has 0 N–H and O–H groups in total. The Hall–Kier alpha value is -0.163. The molecule has 1 fully saturated rings. The van der Waals surface area contributed by atoms with Crippen molar-refractivity contribution in [2.45, 2.75) is 18.9 Å². The summed E-state index contributed by atoms with van der Waals surface area (Å²) in [5.41, 5.74) is 0. The largest absolute Gasteiger partial charge is 0.424 e. The van der Waals surface area contributed by atoms with Crippen LogP contribution >= 0.6 is 0 Å². The van der Waals surface area contributed by atoms with Crippen molar-refractivity contribution in [2.24, 2.45) is 0 Å². The van der Waals surface area contributed by atoms with Crippen LogP contribution in [0.4, 0.5) is 0 Å². The van der Waals surface area contributed by atoms with Gasteiger partial charge >= 0.3 is 0 Å². The maximum atomic E-state index is 5.38. The summed E-state index contributed by atoms with van der Waals surface area (Å²) in [4.78, 5) is 0. The topological polar surface area (TPSA) is 31.0 Å². The Morgan fingerprint density at radius 2 is 2.31 bits per heavy atom. The zero-order chi connectivity index (χ0) is 9.36. The van der Waals surface area contributed by atoms with Crippen LogP contribution in [-0.4, -0.2) is 43.0 Å². The fourth-order valence-electron chi connectivity index (χ4n) is 0.964. The molecule has 1 unspecified atom stereocenters. The smallest absolute Gasteiger partial charge is 0.146 e. The number of hydrogen-bond donors (Lipinski definition) is 0. The van der Waals surface area contributed by atoms with E-state index in [0.29, 0.717) is 6.10 Å². The predicted molar refractivity (Wildman–Crippen MR) is 54.8 cm³/mol. The summed E-state index contributed by atoms with van der Waals surface area (Å²) in [6.45, 7) is 3.26. The molecule has 76 valence electrons. The van der Waals surface area contributed by atoms with Crippen LogP contribution in [0.3, 0.4) is 0 Å². The molecular weight excluding hydrogens is 184 g/mol. The molecule has 0 spiro atoms. The standard InChI is InChI=1S/C9H18O3Si/c13-12-6-4-2-1-3-5-10-7-9-8-11-9/h2,4,9H,1,3,5-8H2,13H3. The molecule has 1 atom stereocenters. The molecule has 1 aliphatic rings. The Labute approximate surface area is 82.6 Å². The van der Waals surface area contributed by atoms with Crippen molar-refractivity contribution < 1.29 is 13.9 Å². The van der Waals surface area contributed by atoms with Gasteiger partial charge in [0.25, 0.3) is 0 Å². The highest BCUT2D eigenvalue weighted by Crippen LogP contribution is 2.08. The van der Waals surface area contributed by atoms with Crippen molar-refractivity contribution >= 4 is 10.5 Å². The molecule has 0 saturated carbocycles. The number of rotatable bonds is 8. The van der Waals surface area contributed by atoms with Crippen molar-refractivity contribution in [2.75, 3.05) is 26.4 Å². The Morgan fingerprint density at radius 3 is 3.00 bits per heavy atom. The van der Waals surface area contributed by atoms with Crippen LogP contribution in [-0.2, 0) is 13.9 Å². The van der Waals surface area contributed by atoms with Crippen molar-refractivity contribution in [1.82, 2.24) is 0 Å². The normalized spacial score (nSPS) is 21.4. The molecule has 13 heavy (non-hydrogen) atoms. The summed E-state index contributed by atoms with van der Waals surface area (Å²) in [5.74, 6) is 0. The Balaban J connectivity index is 1.72. The molecule has 1 heterocycles. The summed E-state index contributed by atoms with van der Waals surface area (Å²) < 4.78 is 15.4. The van der Waals surface area contributed by atoms with Gasteiger partial charge in [-0.3, -0.25) is 0 Å². The SMILES string of the molecule is [SiH3]OCC=CCCCOCC1CO1. The van der Waals surface area contributed by atoms with E-state index >= 15 is 0 Å². The highest BCUT2D eigenvalue weighted by atomic mass is 28.2. The minimum Gasteiger partial charge on any atom is -0.424 e. The molecule has 3 nitrogen and oxygen atoms in total. The highest BCUT2D eigenvalue weighted by molar-refractivity contribution is 5.98. The van der Waals surface area contributed by atoms with E-state index < -0.39 is 0 Å². The molecule has 0 radical (unpaired) electrons. The quantitative estimate of drug-likeness (QED) is 0.241. The maximum Gasteiger partial charge on any atom is 0.146 e. The minimum atomic E-state index is 0.397. The molecule has 0 aromatic heterocycles. The summed E-state index contributed by atoms with van der Waals surface area (Å²) in [5, 5.41) is 0. The zero-order valence-corrected chi connectivity index (χ0v) is 10.2. The number of unbranched alkanes of at least 4 members (excludes halogenated alkanes) is 1. The van der Waals surface area contributed by atoms with Gasteiger partial charge in [0.15, 0.2) is 0 Å². The fourth-order valence-corrected chi connectivity index (χ4v) is 1.16. The molecule has 1 aliphatic heterocycles. The van der Waals surface area contributed by atoms with Crippen LogP contribution in [0.25, 0.3) is 0 Å². The van der Waals surface area contributed by atoms with Crippen LogP contribution < -0.4 is 0 Å². The van der Waals surface area contributed by atoms with Gasteiger partial charge in [0.05, 0.1) is 19.8 Å². The van der Waals surface area contributed by atoms with Crippen molar-refractivity contribution in [3.8, 4) is 0 Å². The molecule has 1 rings (SSSR count). The first-order valence-corrected chi connectivity index (χ1v) is 5.58. The van der Waals surface area contributed by atoms with Crippen LogP contribution in [0.2, 0.25) is 0 Å². The third-order valence-electron chi connectivity index (χ3n) is 1.80. The van der Waals surface area contributed by atoms with E-state index in [9.17, 15) is 0 Å². The third kappa shape index (κ3) is 6.95. The van der Waals surface area contributed by atoms with E-state index in [1.165, 1.54) is 0 Å². The van der Waals surface area contributed by atoms with Gasteiger partial charge in [-0.15, -0.1) is 0 Å². The first-order valence-electron chi connectivity index (χ1n) is 4.76. The zero-order valence-electron chi connectivity index (χ0n) is 8.20. The summed E-state index contributed by atoms with van der Waals surface area (Å²) in [6.07, 6.45) is 6.78. The molecule has 0 bridgehead atoms. The van der Waals surface area contributed by atoms with Gasteiger partial charge in [-0.05, 0) is 12.8 Å². The van der Waals surface area contributed by atoms with Crippen LogP contribution in [0.1, 0.15) is 12.8 Å². The van der Waals surface area contributed by atoms with Crippen molar-refractivity contribution in [3.63, 3.8) is 0 Å². The second-order valence-corrected chi connectivity index (χ2v) is 3.68. The first-order chi connectivity index (χ1) is 6.43. The molecule has 1 saturated heterocycles. The lowest BCUT2D eigenvalue weighted by Crippen LogP contribution is -2.02. The van der Waals surface area contributed by atoms with E-state index in [-0.39, 0.29) is 0 Å². The average Bonchev–Trinajstić information content (AvgIpc) is 2.93. The van der Waals surface area contributed by atoms with Crippen LogP contribution in [0.15, 0.2) is 12.2 Å². The second kappa shape index (κ2) is 7.26. The lowest BCUT2D eigenvalue weighted by atomic mass is 10.3. The second-order valence-electron chi connectivity index (χ2n) is 3.10. The summed E-state index contributed by atoms with van der Waals surface area (Å²) in [6, 6.07) is 0. The summed E-state index contributed by atoms with van der Waals surface area (Å²) >= 11 is 0. The van der Waals surface area contributed by atoms with Crippen molar-refractivity contribution in [3.05, 3.63) is 12.2 Å². The molecule has 0 amide bonds. The van der Waals surface area contributed by atoms with Gasteiger partial charge in [-0.25, -0.2) is 0 Å². The molecule has 0 aliphatic carbocycles. The van der Waals surface area contributed by atoms with Gasteiger partial charge in [-0.1, -0.05) is 12.2 Å². The highest BCUT2D eigenvalue weighted by Gasteiger charge is 2.21. The Bertz CT molecular complexity index is 146. The monoisotopic (exact) mass is 202 g/mol.